The zero-order valence-corrected chi connectivity index (χ0v) is 16.5. The first kappa shape index (κ1) is 19.0. The van der Waals surface area contributed by atoms with Crippen molar-refractivity contribution in [2.24, 2.45) is 4.99 Å². The van der Waals surface area contributed by atoms with E-state index in [1.54, 1.807) is 14.2 Å². The number of pyridine rings is 1. The number of rotatable bonds is 5. The van der Waals surface area contributed by atoms with Gasteiger partial charge in [-0.15, -0.1) is 0 Å². The number of hydrogen-bond donors (Lipinski definition) is 1. The highest BCUT2D eigenvalue weighted by molar-refractivity contribution is 5.80. The van der Waals surface area contributed by atoms with Gasteiger partial charge >= 0.3 is 0 Å². The smallest absolute Gasteiger partial charge is 0.193 e. The standard InChI is InChI=1S/C21H28N4O2/c1-15-6-5-8-23-20(15)13-24-21(22-2)25-9-7-16(14-25)17-10-18(26-3)12-19(11-17)27-4/h5-6,8,10-12,16H,7,9,13-14H2,1-4H3,(H,22,24). The van der Waals surface area contributed by atoms with Gasteiger partial charge in [0.15, 0.2) is 5.96 Å². The first-order valence-corrected chi connectivity index (χ1v) is 9.23. The number of hydrogen-bond acceptors (Lipinski definition) is 4. The molecule has 1 aliphatic heterocycles. The Hall–Kier alpha value is -2.76. The van der Waals surface area contributed by atoms with Gasteiger partial charge in [-0.25, -0.2) is 0 Å². The van der Waals surface area contributed by atoms with Crippen molar-refractivity contribution in [3.8, 4) is 11.5 Å². The summed E-state index contributed by atoms with van der Waals surface area (Å²) < 4.78 is 10.8. The minimum atomic E-state index is 0.420. The highest BCUT2D eigenvalue weighted by Gasteiger charge is 2.27. The van der Waals surface area contributed by atoms with E-state index in [0.29, 0.717) is 12.5 Å². The van der Waals surface area contributed by atoms with Crippen LogP contribution in [0.15, 0.2) is 41.5 Å². The molecule has 1 N–H and O–H groups in total. The minimum Gasteiger partial charge on any atom is -0.497 e. The SMILES string of the molecule is CN=C(NCc1ncccc1C)N1CCC(c2cc(OC)cc(OC)c2)C1. The van der Waals surface area contributed by atoms with E-state index in [-0.39, 0.29) is 0 Å². The summed E-state index contributed by atoms with van der Waals surface area (Å²) in [6.07, 6.45) is 2.90. The van der Waals surface area contributed by atoms with Crippen LogP contribution in [0, 0.1) is 6.92 Å². The molecule has 2 heterocycles. The number of nitrogens with one attached hydrogen (secondary N) is 1. The topological polar surface area (TPSA) is 59.0 Å². The molecule has 1 aromatic heterocycles. The number of aryl methyl sites for hydroxylation is 1. The molecule has 1 aliphatic rings. The first-order valence-electron chi connectivity index (χ1n) is 9.23. The van der Waals surface area contributed by atoms with Crippen molar-refractivity contribution >= 4 is 5.96 Å². The number of ether oxygens (including phenoxy) is 2. The zero-order chi connectivity index (χ0) is 19.2. The van der Waals surface area contributed by atoms with E-state index in [1.807, 2.05) is 25.4 Å². The molecule has 0 saturated carbocycles. The van der Waals surface area contributed by atoms with Crippen molar-refractivity contribution in [3.05, 3.63) is 53.3 Å². The minimum absolute atomic E-state index is 0.420. The molecule has 3 rings (SSSR count). The van der Waals surface area contributed by atoms with E-state index in [4.69, 9.17) is 9.47 Å². The summed E-state index contributed by atoms with van der Waals surface area (Å²) in [5.74, 6) is 2.99. The normalized spacial score (nSPS) is 17.1. The fourth-order valence-electron chi connectivity index (χ4n) is 3.49. The third-order valence-corrected chi connectivity index (χ3v) is 5.08. The van der Waals surface area contributed by atoms with Crippen molar-refractivity contribution in [3.63, 3.8) is 0 Å². The second kappa shape index (κ2) is 8.75. The van der Waals surface area contributed by atoms with E-state index in [0.717, 1.165) is 42.7 Å². The van der Waals surface area contributed by atoms with Crippen molar-refractivity contribution < 1.29 is 9.47 Å². The van der Waals surface area contributed by atoms with Crippen molar-refractivity contribution in [1.82, 2.24) is 15.2 Å². The van der Waals surface area contributed by atoms with Gasteiger partial charge in [-0.1, -0.05) is 6.07 Å². The molecule has 0 bridgehead atoms. The summed E-state index contributed by atoms with van der Waals surface area (Å²) in [5, 5.41) is 3.45. The molecule has 0 amide bonds. The van der Waals surface area contributed by atoms with Gasteiger partial charge in [-0.3, -0.25) is 9.98 Å². The van der Waals surface area contributed by atoms with Crippen molar-refractivity contribution in [2.45, 2.75) is 25.8 Å². The molecule has 1 unspecified atom stereocenters. The van der Waals surface area contributed by atoms with Gasteiger partial charge in [-0.05, 0) is 42.7 Å². The fourth-order valence-corrected chi connectivity index (χ4v) is 3.49. The third-order valence-electron chi connectivity index (χ3n) is 5.08. The van der Waals surface area contributed by atoms with Gasteiger partial charge in [0.1, 0.15) is 11.5 Å². The summed E-state index contributed by atoms with van der Waals surface area (Å²) in [6, 6.07) is 10.1. The largest absolute Gasteiger partial charge is 0.497 e. The summed E-state index contributed by atoms with van der Waals surface area (Å²) in [7, 11) is 5.20. The quantitative estimate of drug-likeness (QED) is 0.649. The van der Waals surface area contributed by atoms with Gasteiger partial charge in [0.25, 0.3) is 0 Å². The average Bonchev–Trinajstić information content (AvgIpc) is 3.19. The van der Waals surface area contributed by atoms with Crippen LogP contribution in [0.3, 0.4) is 0 Å². The van der Waals surface area contributed by atoms with E-state index in [1.165, 1.54) is 11.1 Å². The summed E-state index contributed by atoms with van der Waals surface area (Å²) in [6.45, 7) is 4.63. The highest BCUT2D eigenvalue weighted by atomic mass is 16.5. The zero-order valence-electron chi connectivity index (χ0n) is 16.5. The van der Waals surface area contributed by atoms with Gasteiger partial charge in [0, 0.05) is 38.3 Å². The Labute approximate surface area is 161 Å². The molecule has 1 saturated heterocycles. The van der Waals surface area contributed by atoms with Crippen LogP contribution in [0.2, 0.25) is 0 Å². The lowest BCUT2D eigenvalue weighted by Crippen LogP contribution is -2.39. The number of guanidine groups is 1. The number of aromatic nitrogens is 1. The molecule has 0 radical (unpaired) electrons. The van der Waals surface area contributed by atoms with Crippen LogP contribution >= 0.6 is 0 Å². The number of aliphatic imine (C=N–C) groups is 1. The van der Waals surface area contributed by atoms with Gasteiger partial charge in [0.05, 0.1) is 26.5 Å². The van der Waals surface area contributed by atoms with Crippen molar-refractivity contribution in [1.29, 1.82) is 0 Å². The molecule has 1 fully saturated rings. The second-order valence-electron chi connectivity index (χ2n) is 6.75. The fraction of sp³-hybridized carbons (Fsp3) is 0.429. The third kappa shape index (κ3) is 4.51. The number of nitrogens with zero attached hydrogens (tertiary/aromatic N) is 3. The lowest BCUT2D eigenvalue weighted by atomic mass is 9.98. The lowest BCUT2D eigenvalue weighted by molar-refractivity contribution is 0.392. The van der Waals surface area contributed by atoms with Crippen LogP contribution < -0.4 is 14.8 Å². The molecule has 1 atom stereocenters. The summed E-state index contributed by atoms with van der Waals surface area (Å²) >= 11 is 0. The van der Waals surface area contributed by atoms with Crippen LogP contribution in [0.4, 0.5) is 0 Å². The van der Waals surface area contributed by atoms with E-state index in [2.05, 4.69) is 45.3 Å². The first-order chi connectivity index (χ1) is 13.1. The molecular formula is C21H28N4O2. The Morgan fingerprint density at radius 1 is 1.26 bits per heavy atom. The lowest BCUT2D eigenvalue weighted by Gasteiger charge is -2.22. The van der Waals surface area contributed by atoms with E-state index >= 15 is 0 Å². The van der Waals surface area contributed by atoms with Crippen LogP contribution in [0.25, 0.3) is 0 Å². The van der Waals surface area contributed by atoms with Gasteiger partial charge in [-0.2, -0.15) is 0 Å². The Morgan fingerprint density at radius 3 is 2.63 bits per heavy atom. The molecule has 0 spiro atoms. The number of likely N-dealkylation sites (tertiary alicyclic amines) is 1. The van der Waals surface area contributed by atoms with Crippen molar-refractivity contribution in [2.75, 3.05) is 34.4 Å². The Kier molecular flexibility index (Phi) is 6.16. The number of benzene rings is 1. The molecule has 6 nitrogen and oxygen atoms in total. The van der Waals surface area contributed by atoms with Crippen LogP contribution in [0.1, 0.15) is 29.2 Å². The molecule has 6 heteroatoms. The van der Waals surface area contributed by atoms with E-state index < -0.39 is 0 Å². The Balaban J connectivity index is 1.66. The van der Waals surface area contributed by atoms with Crippen LogP contribution in [0.5, 0.6) is 11.5 Å². The molecule has 27 heavy (non-hydrogen) atoms. The molecule has 2 aromatic rings. The monoisotopic (exact) mass is 368 g/mol. The molecule has 0 aliphatic carbocycles. The summed E-state index contributed by atoms with van der Waals surface area (Å²) in [5.41, 5.74) is 3.47. The maximum Gasteiger partial charge on any atom is 0.193 e. The van der Waals surface area contributed by atoms with Gasteiger partial charge in [0.2, 0.25) is 0 Å². The molecule has 144 valence electrons. The van der Waals surface area contributed by atoms with Crippen LogP contribution in [-0.2, 0) is 6.54 Å². The predicted molar refractivity (Wildman–Crippen MR) is 108 cm³/mol. The van der Waals surface area contributed by atoms with Gasteiger partial charge < -0.3 is 19.7 Å². The number of methoxy groups -OCH3 is 2. The Morgan fingerprint density at radius 2 is 2.00 bits per heavy atom. The summed E-state index contributed by atoms with van der Waals surface area (Å²) in [4.78, 5) is 11.2. The van der Waals surface area contributed by atoms with Crippen LogP contribution in [-0.4, -0.2) is 50.2 Å². The molecule has 1 aromatic carbocycles. The maximum atomic E-state index is 5.41. The Bertz CT molecular complexity index is 784. The van der Waals surface area contributed by atoms with E-state index in [9.17, 15) is 0 Å². The predicted octanol–water partition coefficient (Wildman–Crippen LogP) is 2.97. The average molecular weight is 368 g/mol. The highest BCUT2D eigenvalue weighted by Crippen LogP contribution is 2.32. The second-order valence-corrected chi connectivity index (χ2v) is 6.75. The maximum absolute atomic E-state index is 5.41. The molecular weight excluding hydrogens is 340 g/mol.